The first-order chi connectivity index (χ1) is 13.3. The van der Waals surface area contributed by atoms with Crippen LogP contribution in [0.15, 0.2) is 53.5 Å². The van der Waals surface area contributed by atoms with Crippen LogP contribution in [0.1, 0.15) is 45.4 Å². The van der Waals surface area contributed by atoms with E-state index in [9.17, 15) is 4.79 Å². The van der Waals surface area contributed by atoms with Crippen LogP contribution >= 0.6 is 0 Å². The Kier molecular flexibility index (Phi) is 6.64. The molecule has 0 bridgehead atoms. The van der Waals surface area contributed by atoms with Crippen molar-refractivity contribution in [3.8, 4) is 16.9 Å². The average Bonchev–Trinajstić information content (AvgIpc) is 2.71. The molecule has 4 heteroatoms. The number of aryl methyl sites for hydroxylation is 1. The van der Waals surface area contributed by atoms with E-state index in [0.29, 0.717) is 17.9 Å². The van der Waals surface area contributed by atoms with Gasteiger partial charge >= 0.3 is 0 Å². The summed E-state index contributed by atoms with van der Waals surface area (Å²) in [6.45, 7) is 2.92. The molecular weight excluding hydrogens is 336 g/mol. The molecule has 4 nitrogen and oxygen atoms in total. The summed E-state index contributed by atoms with van der Waals surface area (Å²) in [5.41, 5.74) is 2.25. The Bertz CT molecular complexity index is 947. The number of pyridine rings is 2. The molecule has 0 atom stereocenters. The maximum Gasteiger partial charge on any atom is 0.260 e. The van der Waals surface area contributed by atoms with Crippen LogP contribution in [0.25, 0.3) is 22.2 Å². The number of rotatable bonds is 9. The number of hydrogen-bond acceptors (Lipinski definition) is 3. The number of fused-ring (bicyclic) bond motifs is 1. The van der Waals surface area contributed by atoms with Crippen LogP contribution in [0.2, 0.25) is 0 Å². The van der Waals surface area contributed by atoms with Gasteiger partial charge in [-0.3, -0.25) is 9.36 Å². The standard InChI is InChI=1S/C23H28N2O2/c1-3-4-5-6-7-10-16-25-22-18(12-11-15-24-22)17-20(23(25)26)19-13-8-9-14-21(19)27-2/h8-9,11-15,17H,3-7,10,16H2,1-2H3. The first kappa shape index (κ1) is 19.2. The van der Waals surface area contributed by atoms with Crippen LogP contribution in [-0.4, -0.2) is 16.7 Å². The minimum absolute atomic E-state index is 0.000687. The van der Waals surface area contributed by atoms with Crippen LogP contribution in [-0.2, 0) is 6.54 Å². The number of unbranched alkanes of at least 4 members (excludes halogenated alkanes) is 5. The van der Waals surface area contributed by atoms with Crippen molar-refractivity contribution in [2.75, 3.05) is 7.11 Å². The van der Waals surface area contributed by atoms with Gasteiger partial charge in [0.05, 0.1) is 12.7 Å². The second-order valence-electron chi connectivity index (χ2n) is 6.90. The fraction of sp³-hybridized carbons (Fsp3) is 0.391. The molecule has 2 heterocycles. The van der Waals surface area contributed by atoms with Gasteiger partial charge in [-0.2, -0.15) is 0 Å². The number of para-hydroxylation sites is 1. The molecule has 0 radical (unpaired) electrons. The van der Waals surface area contributed by atoms with Crippen molar-refractivity contribution in [1.29, 1.82) is 0 Å². The predicted octanol–water partition coefficient (Wildman–Crippen LogP) is 5.43. The maximum absolute atomic E-state index is 13.3. The highest BCUT2D eigenvalue weighted by atomic mass is 16.5. The third kappa shape index (κ3) is 4.38. The van der Waals surface area contributed by atoms with Gasteiger partial charge in [-0.25, -0.2) is 4.98 Å². The molecule has 0 spiro atoms. The van der Waals surface area contributed by atoms with Crippen molar-refractivity contribution < 1.29 is 4.74 Å². The van der Waals surface area contributed by atoms with Crippen molar-refractivity contribution in [3.63, 3.8) is 0 Å². The lowest BCUT2D eigenvalue weighted by Crippen LogP contribution is -2.23. The zero-order valence-electron chi connectivity index (χ0n) is 16.3. The van der Waals surface area contributed by atoms with Crippen LogP contribution in [0.4, 0.5) is 0 Å². The SMILES string of the molecule is CCCCCCCCn1c(=O)c(-c2ccccc2OC)cc2cccnc21. The highest BCUT2D eigenvalue weighted by Crippen LogP contribution is 2.29. The monoisotopic (exact) mass is 364 g/mol. The van der Waals surface area contributed by atoms with Gasteiger partial charge in [0.1, 0.15) is 11.4 Å². The van der Waals surface area contributed by atoms with Gasteiger partial charge < -0.3 is 4.74 Å². The number of aromatic nitrogens is 2. The summed E-state index contributed by atoms with van der Waals surface area (Å²) >= 11 is 0. The summed E-state index contributed by atoms with van der Waals surface area (Å²) < 4.78 is 7.31. The highest BCUT2D eigenvalue weighted by Gasteiger charge is 2.14. The maximum atomic E-state index is 13.3. The summed E-state index contributed by atoms with van der Waals surface area (Å²) in [4.78, 5) is 17.8. The Hall–Kier alpha value is -2.62. The Morgan fingerprint density at radius 3 is 2.56 bits per heavy atom. The Labute approximate surface area is 160 Å². The van der Waals surface area contributed by atoms with Crippen molar-refractivity contribution in [2.45, 2.75) is 52.0 Å². The Morgan fingerprint density at radius 2 is 1.74 bits per heavy atom. The van der Waals surface area contributed by atoms with E-state index in [1.807, 2.05) is 47.0 Å². The lowest BCUT2D eigenvalue weighted by atomic mass is 10.0. The molecule has 0 aliphatic rings. The van der Waals surface area contributed by atoms with Crippen LogP contribution < -0.4 is 10.3 Å². The van der Waals surface area contributed by atoms with Crippen LogP contribution in [0.5, 0.6) is 5.75 Å². The molecule has 0 fully saturated rings. The normalized spacial score (nSPS) is 11.0. The first-order valence-corrected chi connectivity index (χ1v) is 9.88. The lowest BCUT2D eigenvalue weighted by molar-refractivity contribution is 0.416. The molecule has 0 amide bonds. The second kappa shape index (κ2) is 9.36. The van der Waals surface area contributed by atoms with Gasteiger partial charge in [0.15, 0.2) is 0 Å². The smallest absolute Gasteiger partial charge is 0.260 e. The lowest BCUT2D eigenvalue weighted by Gasteiger charge is -2.14. The Balaban J connectivity index is 1.97. The summed E-state index contributed by atoms with van der Waals surface area (Å²) in [5.74, 6) is 0.712. The van der Waals surface area contributed by atoms with E-state index in [1.165, 1.54) is 25.7 Å². The van der Waals surface area contributed by atoms with E-state index in [0.717, 1.165) is 29.4 Å². The topological polar surface area (TPSA) is 44.1 Å². The number of ether oxygens (including phenoxy) is 1. The molecule has 3 aromatic rings. The van der Waals surface area contributed by atoms with E-state index in [1.54, 1.807) is 13.3 Å². The van der Waals surface area contributed by atoms with Crippen molar-refractivity contribution in [3.05, 3.63) is 59.0 Å². The number of benzene rings is 1. The van der Waals surface area contributed by atoms with E-state index in [4.69, 9.17) is 4.74 Å². The zero-order chi connectivity index (χ0) is 19.1. The molecule has 2 aromatic heterocycles. The van der Waals surface area contributed by atoms with E-state index >= 15 is 0 Å². The van der Waals surface area contributed by atoms with Crippen LogP contribution in [0.3, 0.4) is 0 Å². The summed E-state index contributed by atoms with van der Waals surface area (Å²) in [5, 5.41) is 0.976. The third-order valence-corrected chi connectivity index (χ3v) is 4.98. The van der Waals surface area contributed by atoms with E-state index in [2.05, 4.69) is 11.9 Å². The molecule has 0 aliphatic carbocycles. The van der Waals surface area contributed by atoms with E-state index < -0.39 is 0 Å². The fourth-order valence-electron chi connectivity index (χ4n) is 3.52. The summed E-state index contributed by atoms with van der Waals surface area (Å²) in [7, 11) is 1.64. The molecule has 142 valence electrons. The largest absolute Gasteiger partial charge is 0.496 e. The molecule has 1 aromatic carbocycles. The third-order valence-electron chi connectivity index (χ3n) is 4.98. The molecule has 3 rings (SSSR count). The van der Waals surface area contributed by atoms with Gasteiger partial charge in [-0.15, -0.1) is 0 Å². The zero-order valence-corrected chi connectivity index (χ0v) is 16.3. The summed E-state index contributed by atoms with van der Waals surface area (Å²) in [6.07, 6.45) is 8.90. The number of hydrogen-bond donors (Lipinski definition) is 0. The van der Waals surface area contributed by atoms with Gasteiger partial charge in [-0.05, 0) is 30.7 Å². The van der Waals surface area contributed by atoms with Gasteiger partial charge in [-0.1, -0.05) is 57.2 Å². The second-order valence-corrected chi connectivity index (χ2v) is 6.90. The van der Waals surface area contributed by atoms with Gasteiger partial charge in [0.2, 0.25) is 0 Å². The van der Waals surface area contributed by atoms with Crippen LogP contribution in [0, 0.1) is 0 Å². The van der Waals surface area contributed by atoms with Gasteiger partial charge in [0, 0.05) is 23.7 Å². The molecular formula is C23H28N2O2. The van der Waals surface area contributed by atoms with Gasteiger partial charge in [0.25, 0.3) is 5.56 Å². The first-order valence-electron chi connectivity index (χ1n) is 9.88. The molecule has 0 N–H and O–H groups in total. The molecule has 27 heavy (non-hydrogen) atoms. The molecule has 0 aliphatic heterocycles. The predicted molar refractivity (Wildman–Crippen MR) is 111 cm³/mol. The highest BCUT2D eigenvalue weighted by molar-refractivity contribution is 5.82. The van der Waals surface area contributed by atoms with Crippen molar-refractivity contribution in [1.82, 2.24) is 9.55 Å². The minimum atomic E-state index is -0.000687. The molecule has 0 saturated carbocycles. The molecule has 0 unspecified atom stereocenters. The van der Waals surface area contributed by atoms with Crippen molar-refractivity contribution >= 4 is 11.0 Å². The van der Waals surface area contributed by atoms with E-state index in [-0.39, 0.29) is 5.56 Å². The number of methoxy groups -OCH3 is 1. The quantitative estimate of drug-likeness (QED) is 0.475. The van der Waals surface area contributed by atoms with Crippen molar-refractivity contribution in [2.24, 2.45) is 0 Å². The minimum Gasteiger partial charge on any atom is -0.496 e. The molecule has 0 saturated heterocycles. The average molecular weight is 364 g/mol. The summed E-state index contributed by atoms with van der Waals surface area (Å²) in [6, 6.07) is 13.5. The fourth-order valence-corrected chi connectivity index (χ4v) is 3.52. The Morgan fingerprint density at radius 1 is 0.963 bits per heavy atom. The number of nitrogens with zero attached hydrogens (tertiary/aromatic N) is 2.